The molecule has 0 saturated carbocycles. The summed E-state index contributed by atoms with van der Waals surface area (Å²) < 4.78 is 0. The lowest BCUT2D eigenvalue weighted by Gasteiger charge is -2.27. The fourth-order valence-electron chi connectivity index (χ4n) is 2.59. The van der Waals surface area contributed by atoms with Crippen LogP contribution < -0.4 is 5.32 Å². The monoisotopic (exact) mass is 229 g/mol. The number of carbonyl (C=O) groups is 1. The molecule has 15 heavy (non-hydrogen) atoms. The number of hydrogen-bond acceptors (Lipinski definition) is 3. The van der Waals surface area contributed by atoms with Crippen LogP contribution in [0.1, 0.15) is 32.6 Å². The first-order valence-electron chi connectivity index (χ1n) is 5.72. The van der Waals surface area contributed by atoms with Crippen molar-refractivity contribution in [1.29, 1.82) is 0 Å². The highest BCUT2D eigenvalue weighted by Gasteiger charge is 2.43. The SMILES string of the molecule is CC1(C(=O)O)CC(C2CCCCS2)CN1. The predicted octanol–water partition coefficient (Wildman–Crippen LogP) is 1.72. The lowest BCUT2D eigenvalue weighted by molar-refractivity contribution is -0.143. The summed E-state index contributed by atoms with van der Waals surface area (Å²) in [5.41, 5.74) is -0.678. The predicted molar refractivity (Wildman–Crippen MR) is 62.2 cm³/mol. The maximum Gasteiger partial charge on any atom is 0.323 e. The lowest BCUT2D eigenvalue weighted by atomic mass is 9.91. The molecule has 0 spiro atoms. The number of rotatable bonds is 2. The van der Waals surface area contributed by atoms with Gasteiger partial charge in [-0.15, -0.1) is 0 Å². The summed E-state index contributed by atoms with van der Waals surface area (Å²) in [6.07, 6.45) is 4.71. The Morgan fingerprint density at radius 1 is 1.53 bits per heavy atom. The van der Waals surface area contributed by atoms with Gasteiger partial charge in [-0.05, 0) is 37.9 Å². The molecule has 3 unspecified atom stereocenters. The van der Waals surface area contributed by atoms with Crippen molar-refractivity contribution in [3.8, 4) is 0 Å². The minimum Gasteiger partial charge on any atom is -0.480 e. The van der Waals surface area contributed by atoms with Gasteiger partial charge in [0.2, 0.25) is 0 Å². The van der Waals surface area contributed by atoms with Crippen molar-refractivity contribution in [2.24, 2.45) is 5.92 Å². The molecule has 3 atom stereocenters. The molecule has 0 aromatic heterocycles. The van der Waals surface area contributed by atoms with Crippen LogP contribution in [0.4, 0.5) is 0 Å². The number of hydrogen-bond donors (Lipinski definition) is 2. The summed E-state index contributed by atoms with van der Waals surface area (Å²) in [4.78, 5) is 11.1. The summed E-state index contributed by atoms with van der Waals surface area (Å²) in [5.74, 6) is 1.10. The van der Waals surface area contributed by atoms with Crippen molar-refractivity contribution in [2.45, 2.75) is 43.4 Å². The maximum absolute atomic E-state index is 11.1. The minimum atomic E-state index is -0.703. The molecular formula is C11H19NO2S. The second-order valence-corrected chi connectivity index (χ2v) is 6.23. The van der Waals surface area contributed by atoms with Gasteiger partial charge in [0.15, 0.2) is 0 Å². The van der Waals surface area contributed by atoms with Gasteiger partial charge in [-0.2, -0.15) is 11.8 Å². The van der Waals surface area contributed by atoms with Crippen LogP contribution in [0, 0.1) is 5.92 Å². The van der Waals surface area contributed by atoms with E-state index >= 15 is 0 Å². The standard InChI is InChI=1S/C11H19NO2S/c1-11(10(13)14)6-8(7-12-11)9-4-2-3-5-15-9/h8-9,12H,2-7H2,1H3,(H,13,14). The van der Waals surface area contributed by atoms with Gasteiger partial charge in [-0.3, -0.25) is 4.79 Å². The molecule has 2 aliphatic heterocycles. The Morgan fingerprint density at radius 2 is 2.33 bits per heavy atom. The summed E-state index contributed by atoms with van der Waals surface area (Å²) in [7, 11) is 0. The fourth-order valence-corrected chi connectivity index (χ4v) is 4.06. The molecule has 86 valence electrons. The number of carboxylic acid groups (broad SMARTS) is 1. The van der Waals surface area contributed by atoms with Crippen LogP contribution in [0.25, 0.3) is 0 Å². The van der Waals surface area contributed by atoms with E-state index in [0.29, 0.717) is 11.2 Å². The number of aliphatic carboxylic acids is 1. The van der Waals surface area contributed by atoms with Gasteiger partial charge in [0, 0.05) is 11.8 Å². The zero-order chi connectivity index (χ0) is 10.9. The van der Waals surface area contributed by atoms with E-state index in [1.165, 1.54) is 25.0 Å². The molecular weight excluding hydrogens is 210 g/mol. The zero-order valence-corrected chi connectivity index (χ0v) is 9.98. The van der Waals surface area contributed by atoms with Crippen molar-refractivity contribution in [1.82, 2.24) is 5.32 Å². The third-order valence-electron chi connectivity index (χ3n) is 3.64. The first kappa shape index (κ1) is 11.3. The van der Waals surface area contributed by atoms with Gasteiger partial charge in [0.05, 0.1) is 0 Å². The molecule has 2 heterocycles. The Morgan fingerprint density at radius 3 is 2.87 bits per heavy atom. The highest BCUT2D eigenvalue weighted by Crippen LogP contribution is 2.37. The highest BCUT2D eigenvalue weighted by molar-refractivity contribution is 7.99. The Labute approximate surface area is 95.0 Å². The summed E-state index contributed by atoms with van der Waals surface area (Å²) in [5, 5.41) is 13.0. The minimum absolute atomic E-state index is 0.552. The quantitative estimate of drug-likeness (QED) is 0.757. The van der Waals surface area contributed by atoms with Crippen LogP contribution in [0.15, 0.2) is 0 Å². The van der Waals surface area contributed by atoms with Crippen LogP contribution in [0.5, 0.6) is 0 Å². The molecule has 0 bridgehead atoms. The molecule has 2 aliphatic rings. The second kappa shape index (κ2) is 4.34. The molecule has 3 nitrogen and oxygen atoms in total. The summed E-state index contributed by atoms with van der Waals surface area (Å²) in [6, 6.07) is 0. The number of carboxylic acids is 1. The number of nitrogens with one attached hydrogen (secondary N) is 1. The van der Waals surface area contributed by atoms with E-state index in [9.17, 15) is 4.79 Å². The van der Waals surface area contributed by atoms with Gasteiger partial charge in [0.25, 0.3) is 0 Å². The van der Waals surface area contributed by atoms with E-state index in [4.69, 9.17) is 5.11 Å². The highest BCUT2D eigenvalue weighted by atomic mass is 32.2. The van der Waals surface area contributed by atoms with Gasteiger partial charge < -0.3 is 10.4 Å². The molecule has 2 fully saturated rings. The maximum atomic E-state index is 11.1. The van der Waals surface area contributed by atoms with Crippen molar-refractivity contribution in [3.63, 3.8) is 0 Å². The van der Waals surface area contributed by atoms with Crippen LogP contribution in [-0.2, 0) is 4.79 Å². The molecule has 0 radical (unpaired) electrons. The molecule has 0 aromatic carbocycles. The Balaban J connectivity index is 1.94. The van der Waals surface area contributed by atoms with E-state index in [-0.39, 0.29) is 0 Å². The van der Waals surface area contributed by atoms with E-state index in [0.717, 1.165) is 13.0 Å². The molecule has 0 aliphatic carbocycles. The average Bonchev–Trinajstić information content (AvgIpc) is 2.64. The molecule has 4 heteroatoms. The third-order valence-corrected chi connectivity index (χ3v) is 5.21. The Kier molecular flexibility index (Phi) is 3.26. The topological polar surface area (TPSA) is 49.3 Å². The van der Waals surface area contributed by atoms with Gasteiger partial charge in [-0.1, -0.05) is 6.42 Å². The van der Waals surface area contributed by atoms with Crippen molar-refractivity contribution < 1.29 is 9.90 Å². The molecule has 2 rings (SSSR count). The van der Waals surface area contributed by atoms with E-state index in [1.54, 1.807) is 0 Å². The largest absolute Gasteiger partial charge is 0.480 e. The molecule has 0 amide bonds. The third kappa shape index (κ3) is 2.31. The van der Waals surface area contributed by atoms with Crippen molar-refractivity contribution in [3.05, 3.63) is 0 Å². The van der Waals surface area contributed by atoms with E-state index < -0.39 is 11.5 Å². The first-order valence-corrected chi connectivity index (χ1v) is 6.77. The molecule has 2 saturated heterocycles. The van der Waals surface area contributed by atoms with Gasteiger partial charge in [-0.25, -0.2) is 0 Å². The van der Waals surface area contributed by atoms with E-state index in [1.807, 2.05) is 18.7 Å². The zero-order valence-electron chi connectivity index (χ0n) is 9.16. The van der Waals surface area contributed by atoms with Crippen molar-refractivity contribution >= 4 is 17.7 Å². The normalized spacial score (nSPS) is 41.7. The van der Waals surface area contributed by atoms with Crippen LogP contribution in [-0.4, -0.2) is 34.2 Å². The summed E-state index contributed by atoms with van der Waals surface area (Å²) in [6.45, 7) is 2.68. The molecule has 0 aromatic rings. The van der Waals surface area contributed by atoms with E-state index in [2.05, 4.69) is 5.32 Å². The lowest BCUT2D eigenvalue weighted by Crippen LogP contribution is -2.44. The van der Waals surface area contributed by atoms with Gasteiger partial charge in [0.1, 0.15) is 5.54 Å². The fraction of sp³-hybridized carbons (Fsp3) is 0.909. The Hall–Kier alpha value is -0.220. The second-order valence-electron chi connectivity index (χ2n) is 4.89. The molecule has 2 N–H and O–H groups in total. The van der Waals surface area contributed by atoms with Crippen LogP contribution in [0.2, 0.25) is 0 Å². The van der Waals surface area contributed by atoms with Crippen LogP contribution >= 0.6 is 11.8 Å². The number of thioether (sulfide) groups is 1. The van der Waals surface area contributed by atoms with Crippen molar-refractivity contribution in [2.75, 3.05) is 12.3 Å². The Bertz CT molecular complexity index is 253. The van der Waals surface area contributed by atoms with Crippen LogP contribution in [0.3, 0.4) is 0 Å². The van der Waals surface area contributed by atoms with Gasteiger partial charge >= 0.3 is 5.97 Å². The summed E-state index contributed by atoms with van der Waals surface area (Å²) >= 11 is 2.04. The average molecular weight is 229 g/mol. The smallest absolute Gasteiger partial charge is 0.323 e. The first-order chi connectivity index (χ1) is 7.12.